The Balaban J connectivity index is 1.46. The Hall–Kier alpha value is -4.80. The van der Waals surface area contributed by atoms with Gasteiger partial charge in [0.1, 0.15) is 16.2 Å². The smallest absolute Gasteiger partial charge is 0.338 e. The van der Waals surface area contributed by atoms with Gasteiger partial charge >= 0.3 is 11.9 Å². The third-order valence-electron chi connectivity index (χ3n) is 7.31. The van der Waals surface area contributed by atoms with Crippen molar-refractivity contribution in [1.82, 2.24) is 24.8 Å². The Morgan fingerprint density at radius 1 is 0.680 bits per heavy atom. The molecule has 0 amide bonds. The average molecular weight is 692 g/mol. The number of thiazole rings is 1. The lowest BCUT2D eigenvalue weighted by Gasteiger charge is -2.23. The van der Waals surface area contributed by atoms with Gasteiger partial charge in [0, 0.05) is 37.2 Å². The molecule has 4 heterocycles. The highest BCUT2D eigenvalue weighted by atomic mass is 32.1. The summed E-state index contributed by atoms with van der Waals surface area (Å²) in [6.07, 6.45) is 1.89. The number of carbonyl (C=O) groups is 2. The van der Waals surface area contributed by atoms with E-state index in [9.17, 15) is 9.59 Å². The van der Waals surface area contributed by atoms with Crippen molar-refractivity contribution in [3.8, 4) is 21.1 Å². The number of nitrogens with zero attached hydrogens (tertiary/aromatic N) is 5. The molecule has 5 rings (SSSR count). The van der Waals surface area contributed by atoms with Gasteiger partial charge < -0.3 is 9.47 Å². The molecule has 260 valence electrons. The first-order valence-corrected chi connectivity index (χ1v) is 17.4. The summed E-state index contributed by atoms with van der Waals surface area (Å²) in [6, 6.07) is 21.4. The molecular formula is C40H45N5O4S. The monoisotopic (exact) mass is 691 g/mol. The van der Waals surface area contributed by atoms with Crippen molar-refractivity contribution in [3.05, 3.63) is 118 Å². The Bertz CT molecular complexity index is 1910. The predicted molar refractivity (Wildman–Crippen MR) is 197 cm³/mol. The molecule has 1 aromatic carbocycles. The van der Waals surface area contributed by atoms with E-state index in [4.69, 9.17) is 29.4 Å². The van der Waals surface area contributed by atoms with E-state index < -0.39 is 23.1 Å². The van der Waals surface area contributed by atoms with Gasteiger partial charge in [-0.05, 0) is 104 Å². The van der Waals surface area contributed by atoms with Gasteiger partial charge in [-0.25, -0.2) is 19.6 Å². The van der Waals surface area contributed by atoms with Crippen LogP contribution in [0.3, 0.4) is 0 Å². The molecule has 9 nitrogen and oxygen atoms in total. The van der Waals surface area contributed by atoms with Crippen molar-refractivity contribution in [2.24, 2.45) is 0 Å². The number of pyridine rings is 3. The van der Waals surface area contributed by atoms with Crippen molar-refractivity contribution in [2.75, 3.05) is 0 Å². The first-order valence-electron chi connectivity index (χ1n) is 16.6. The van der Waals surface area contributed by atoms with Crippen LogP contribution >= 0.6 is 11.3 Å². The Morgan fingerprint density at radius 2 is 1.20 bits per heavy atom. The number of aromatic nitrogens is 4. The fourth-order valence-electron chi connectivity index (χ4n) is 5.33. The maximum atomic E-state index is 13.0. The topological polar surface area (TPSA) is 107 Å². The minimum absolute atomic E-state index is 0.385. The fourth-order valence-corrected chi connectivity index (χ4v) is 6.22. The molecule has 0 bridgehead atoms. The van der Waals surface area contributed by atoms with E-state index in [2.05, 4.69) is 36.1 Å². The quantitative estimate of drug-likeness (QED) is 0.133. The minimum atomic E-state index is -0.627. The molecule has 4 aromatic heterocycles. The number of hydrogen-bond donors (Lipinski definition) is 0. The van der Waals surface area contributed by atoms with Gasteiger partial charge in [0.15, 0.2) is 0 Å². The van der Waals surface area contributed by atoms with E-state index in [1.807, 2.05) is 79.8 Å². The summed E-state index contributed by atoms with van der Waals surface area (Å²) in [5, 5.41) is 0.832. The largest absolute Gasteiger partial charge is 0.456 e. The molecule has 0 saturated carbocycles. The zero-order valence-corrected chi connectivity index (χ0v) is 31.1. The molecule has 0 unspecified atom stereocenters. The molecule has 0 saturated heterocycles. The summed E-state index contributed by atoms with van der Waals surface area (Å²) >= 11 is 1.60. The predicted octanol–water partition coefficient (Wildman–Crippen LogP) is 8.70. The second-order valence-electron chi connectivity index (χ2n) is 14.5. The lowest BCUT2D eigenvalue weighted by atomic mass is 10.1. The molecule has 50 heavy (non-hydrogen) atoms. The van der Waals surface area contributed by atoms with Crippen LogP contribution in [0, 0.1) is 20.8 Å². The number of benzene rings is 1. The Morgan fingerprint density at radius 3 is 1.72 bits per heavy atom. The van der Waals surface area contributed by atoms with Crippen LogP contribution in [0.4, 0.5) is 0 Å². The van der Waals surface area contributed by atoms with Gasteiger partial charge in [-0.15, -0.1) is 11.3 Å². The van der Waals surface area contributed by atoms with Crippen molar-refractivity contribution in [2.45, 2.75) is 93.2 Å². The van der Waals surface area contributed by atoms with Gasteiger partial charge in [-0.1, -0.05) is 35.9 Å². The second kappa shape index (κ2) is 15.0. The number of ether oxygens (including phenoxy) is 2. The summed E-state index contributed by atoms with van der Waals surface area (Å²) < 4.78 is 11.3. The van der Waals surface area contributed by atoms with Gasteiger partial charge in [0.25, 0.3) is 0 Å². The van der Waals surface area contributed by atoms with Gasteiger partial charge in [0.05, 0.1) is 38.8 Å². The second-order valence-corrected chi connectivity index (χ2v) is 15.6. The third kappa shape index (κ3) is 10.4. The molecule has 0 N–H and O–H groups in total. The third-order valence-corrected chi connectivity index (χ3v) is 8.38. The molecule has 0 aliphatic carbocycles. The normalized spacial score (nSPS) is 11.9. The molecule has 0 radical (unpaired) electrons. The van der Waals surface area contributed by atoms with Crippen molar-refractivity contribution in [1.29, 1.82) is 0 Å². The minimum Gasteiger partial charge on any atom is -0.456 e. The standard InChI is InChI=1S/C40H45N5O4S/c1-25-13-15-28(16-14-25)35-21-41-36(50-35)34-12-10-11-31(44-34)22-45(23-32-19-29(17-26(2)42-32)37(46)48-39(4,5)6)24-33-20-30(18-27(3)43-33)38(47)49-40(7,8)9/h10-21H,22-24H2,1-9H3. The van der Waals surface area contributed by atoms with Crippen LogP contribution < -0.4 is 0 Å². The highest BCUT2D eigenvalue weighted by Gasteiger charge is 2.22. The molecule has 0 spiro atoms. The van der Waals surface area contributed by atoms with Gasteiger partial charge in [-0.2, -0.15) is 0 Å². The van der Waals surface area contributed by atoms with Crippen molar-refractivity contribution >= 4 is 23.3 Å². The molecule has 5 aromatic rings. The number of hydrogen-bond acceptors (Lipinski definition) is 10. The van der Waals surface area contributed by atoms with Crippen molar-refractivity contribution < 1.29 is 19.1 Å². The number of rotatable bonds is 10. The summed E-state index contributed by atoms with van der Waals surface area (Å²) in [6.45, 7) is 18.1. The van der Waals surface area contributed by atoms with E-state index in [0.717, 1.165) is 26.8 Å². The van der Waals surface area contributed by atoms with Crippen LogP contribution in [0.25, 0.3) is 21.1 Å². The van der Waals surface area contributed by atoms with E-state index in [1.54, 1.807) is 35.6 Å². The Kier molecular flexibility index (Phi) is 10.9. The van der Waals surface area contributed by atoms with E-state index in [-0.39, 0.29) is 0 Å². The summed E-state index contributed by atoms with van der Waals surface area (Å²) in [4.78, 5) is 48.5. The van der Waals surface area contributed by atoms with Crippen molar-refractivity contribution in [3.63, 3.8) is 0 Å². The number of esters is 2. The molecular weight excluding hydrogens is 647 g/mol. The molecule has 0 aliphatic heterocycles. The zero-order chi connectivity index (χ0) is 36.2. The maximum absolute atomic E-state index is 13.0. The lowest BCUT2D eigenvalue weighted by Crippen LogP contribution is -2.26. The van der Waals surface area contributed by atoms with Crippen LogP contribution in [0.1, 0.15) is 96.3 Å². The average Bonchev–Trinajstić information content (AvgIpc) is 3.50. The van der Waals surface area contributed by atoms with Crippen LogP contribution in [-0.4, -0.2) is 48.0 Å². The molecule has 0 fully saturated rings. The maximum Gasteiger partial charge on any atom is 0.338 e. The summed E-state index contributed by atoms with van der Waals surface area (Å²) in [7, 11) is 0. The number of aryl methyl sites for hydroxylation is 3. The Labute approximate surface area is 298 Å². The van der Waals surface area contributed by atoms with Gasteiger partial charge in [0.2, 0.25) is 0 Å². The van der Waals surface area contributed by atoms with E-state index >= 15 is 0 Å². The van der Waals surface area contributed by atoms with Crippen LogP contribution in [0.5, 0.6) is 0 Å². The first-order chi connectivity index (χ1) is 23.5. The van der Waals surface area contributed by atoms with E-state index in [1.165, 1.54) is 5.56 Å². The van der Waals surface area contributed by atoms with Crippen LogP contribution in [-0.2, 0) is 29.1 Å². The van der Waals surface area contributed by atoms with E-state index in [0.29, 0.717) is 53.5 Å². The highest BCUT2D eigenvalue weighted by Crippen LogP contribution is 2.31. The SMILES string of the molecule is Cc1ccc(-c2cnc(-c3cccc(CN(Cc4cc(C(=O)OC(C)(C)C)cc(C)n4)Cc4cc(C(=O)OC(C)(C)C)cc(C)n4)n3)s2)cc1. The molecule has 10 heteroatoms. The zero-order valence-electron chi connectivity index (χ0n) is 30.3. The summed E-state index contributed by atoms with van der Waals surface area (Å²) in [5.41, 5.74) is 6.38. The molecule has 0 atom stereocenters. The molecule has 0 aliphatic rings. The van der Waals surface area contributed by atoms with Crippen LogP contribution in [0.2, 0.25) is 0 Å². The fraction of sp³-hybridized carbons (Fsp3) is 0.350. The summed E-state index contributed by atoms with van der Waals surface area (Å²) in [5.74, 6) is -0.804. The highest BCUT2D eigenvalue weighted by molar-refractivity contribution is 7.18. The lowest BCUT2D eigenvalue weighted by molar-refractivity contribution is 0.00567. The van der Waals surface area contributed by atoms with Gasteiger partial charge in [-0.3, -0.25) is 14.9 Å². The first kappa shape index (κ1) is 36.5. The van der Waals surface area contributed by atoms with Crippen LogP contribution in [0.15, 0.2) is 72.9 Å². The number of carbonyl (C=O) groups excluding carboxylic acids is 2.